The summed E-state index contributed by atoms with van der Waals surface area (Å²) in [5.41, 5.74) is 6.12. The second-order valence-corrected chi connectivity index (χ2v) is 4.80. The zero-order valence-corrected chi connectivity index (χ0v) is 10.7. The maximum atomic E-state index is 4.60. The Labute approximate surface area is 107 Å². The van der Waals surface area contributed by atoms with Gasteiger partial charge in [-0.2, -0.15) is 0 Å². The Morgan fingerprint density at radius 1 is 1.00 bits per heavy atom. The van der Waals surface area contributed by atoms with Crippen molar-refractivity contribution in [2.45, 2.75) is 20.3 Å². The molecule has 0 atom stereocenters. The highest BCUT2D eigenvalue weighted by molar-refractivity contribution is 5.74. The van der Waals surface area contributed by atoms with Gasteiger partial charge in [-0.3, -0.25) is 0 Å². The van der Waals surface area contributed by atoms with Crippen LogP contribution in [0.2, 0.25) is 0 Å². The Kier molecular flexibility index (Phi) is 2.63. The number of imidazole rings is 1. The van der Waals surface area contributed by atoms with E-state index in [0.717, 1.165) is 23.3 Å². The molecule has 1 heterocycles. The summed E-state index contributed by atoms with van der Waals surface area (Å²) in [5, 5.41) is 0. The van der Waals surface area contributed by atoms with Crippen LogP contribution in [0.1, 0.15) is 22.5 Å². The highest BCUT2D eigenvalue weighted by Gasteiger charge is 2.04. The van der Waals surface area contributed by atoms with Crippen LogP contribution in [0.5, 0.6) is 0 Å². The van der Waals surface area contributed by atoms with Gasteiger partial charge in [0.05, 0.1) is 11.0 Å². The molecule has 0 aliphatic heterocycles. The summed E-state index contributed by atoms with van der Waals surface area (Å²) in [7, 11) is 0. The minimum Gasteiger partial charge on any atom is -0.342 e. The average Bonchev–Trinajstić information content (AvgIpc) is 2.76. The van der Waals surface area contributed by atoms with Gasteiger partial charge in [0.1, 0.15) is 5.82 Å². The Balaban J connectivity index is 1.93. The molecule has 2 heteroatoms. The van der Waals surface area contributed by atoms with Crippen molar-refractivity contribution in [1.82, 2.24) is 9.97 Å². The predicted octanol–water partition coefficient (Wildman–Crippen LogP) is 3.77. The van der Waals surface area contributed by atoms with E-state index in [4.69, 9.17) is 0 Å². The number of aryl methyl sites for hydroxylation is 2. The molecule has 0 radical (unpaired) electrons. The fourth-order valence-corrected chi connectivity index (χ4v) is 2.20. The van der Waals surface area contributed by atoms with Crippen molar-refractivity contribution in [3.8, 4) is 0 Å². The van der Waals surface area contributed by atoms with Gasteiger partial charge in [-0.05, 0) is 42.7 Å². The van der Waals surface area contributed by atoms with Gasteiger partial charge in [-0.15, -0.1) is 0 Å². The SMILES string of the molecule is Cc1ccc(Cc2nc3ccccc3[nH]2)cc1C. The average molecular weight is 236 g/mol. The molecule has 3 rings (SSSR count). The van der Waals surface area contributed by atoms with Gasteiger partial charge >= 0.3 is 0 Å². The zero-order chi connectivity index (χ0) is 12.5. The normalized spacial score (nSPS) is 11.0. The maximum Gasteiger partial charge on any atom is 0.111 e. The van der Waals surface area contributed by atoms with E-state index in [2.05, 4.69) is 48.1 Å². The van der Waals surface area contributed by atoms with E-state index in [0.29, 0.717) is 0 Å². The van der Waals surface area contributed by atoms with Crippen molar-refractivity contribution in [2.24, 2.45) is 0 Å². The van der Waals surface area contributed by atoms with Gasteiger partial charge < -0.3 is 4.98 Å². The number of hydrogen-bond acceptors (Lipinski definition) is 1. The molecule has 0 amide bonds. The number of rotatable bonds is 2. The van der Waals surface area contributed by atoms with Crippen molar-refractivity contribution < 1.29 is 0 Å². The lowest BCUT2D eigenvalue weighted by molar-refractivity contribution is 1.03. The summed E-state index contributed by atoms with van der Waals surface area (Å²) >= 11 is 0. The number of para-hydroxylation sites is 2. The van der Waals surface area contributed by atoms with E-state index in [1.807, 2.05) is 18.2 Å². The van der Waals surface area contributed by atoms with Crippen LogP contribution in [0.25, 0.3) is 11.0 Å². The summed E-state index contributed by atoms with van der Waals surface area (Å²) in [6, 6.07) is 14.7. The fraction of sp³-hybridized carbons (Fsp3) is 0.188. The molecular formula is C16H16N2. The van der Waals surface area contributed by atoms with Crippen molar-refractivity contribution in [1.29, 1.82) is 0 Å². The van der Waals surface area contributed by atoms with Crippen LogP contribution in [0.3, 0.4) is 0 Å². The second-order valence-electron chi connectivity index (χ2n) is 4.80. The quantitative estimate of drug-likeness (QED) is 0.721. The van der Waals surface area contributed by atoms with E-state index >= 15 is 0 Å². The predicted molar refractivity (Wildman–Crippen MR) is 74.8 cm³/mol. The van der Waals surface area contributed by atoms with E-state index in [1.54, 1.807) is 0 Å². The van der Waals surface area contributed by atoms with E-state index in [1.165, 1.54) is 16.7 Å². The van der Waals surface area contributed by atoms with E-state index in [9.17, 15) is 0 Å². The summed E-state index contributed by atoms with van der Waals surface area (Å²) in [6.07, 6.45) is 0.857. The number of H-pyrrole nitrogens is 1. The van der Waals surface area contributed by atoms with Crippen molar-refractivity contribution in [3.63, 3.8) is 0 Å². The molecule has 2 aromatic carbocycles. The molecular weight excluding hydrogens is 220 g/mol. The standard InChI is InChI=1S/C16H16N2/c1-11-7-8-13(9-12(11)2)10-16-17-14-5-3-4-6-15(14)18-16/h3-9H,10H2,1-2H3,(H,17,18). The Bertz CT molecular complexity index is 662. The summed E-state index contributed by atoms with van der Waals surface area (Å²) in [6.45, 7) is 4.29. The molecule has 0 spiro atoms. The van der Waals surface area contributed by atoms with Crippen LogP contribution in [0, 0.1) is 13.8 Å². The molecule has 1 N–H and O–H groups in total. The Morgan fingerprint density at radius 3 is 2.61 bits per heavy atom. The highest BCUT2D eigenvalue weighted by atomic mass is 14.9. The number of aromatic nitrogens is 2. The van der Waals surface area contributed by atoms with Crippen LogP contribution in [-0.2, 0) is 6.42 Å². The van der Waals surface area contributed by atoms with Crippen LogP contribution >= 0.6 is 0 Å². The lowest BCUT2D eigenvalue weighted by Crippen LogP contribution is -1.92. The highest BCUT2D eigenvalue weighted by Crippen LogP contribution is 2.15. The molecule has 0 unspecified atom stereocenters. The van der Waals surface area contributed by atoms with Crippen LogP contribution in [-0.4, -0.2) is 9.97 Å². The summed E-state index contributed by atoms with van der Waals surface area (Å²) in [5.74, 6) is 1.03. The summed E-state index contributed by atoms with van der Waals surface area (Å²) < 4.78 is 0. The smallest absolute Gasteiger partial charge is 0.111 e. The van der Waals surface area contributed by atoms with Gasteiger partial charge in [0.25, 0.3) is 0 Å². The van der Waals surface area contributed by atoms with Crippen LogP contribution < -0.4 is 0 Å². The largest absolute Gasteiger partial charge is 0.342 e. The molecule has 90 valence electrons. The number of benzene rings is 2. The second kappa shape index (κ2) is 4.30. The lowest BCUT2D eigenvalue weighted by Gasteiger charge is -2.03. The van der Waals surface area contributed by atoms with Gasteiger partial charge in [0.15, 0.2) is 0 Å². The molecule has 0 saturated carbocycles. The molecule has 3 aromatic rings. The molecule has 18 heavy (non-hydrogen) atoms. The van der Waals surface area contributed by atoms with Gasteiger partial charge in [0.2, 0.25) is 0 Å². The summed E-state index contributed by atoms with van der Waals surface area (Å²) in [4.78, 5) is 7.97. The molecule has 1 aromatic heterocycles. The third kappa shape index (κ3) is 2.02. The molecule has 0 bridgehead atoms. The van der Waals surface area contributed by atoms with Crippen molar-refractivity contribution in [3.05, 3.63) is 65.0 Å². The van der Waals surface area contributed by atoms with Crippen LogP contribution in [0.15, 0.2) is 42.5 Å². The first-order valence-corrected chi connectivity index (χ1v) is 6.22. The van der Waals surface area contributed by atoms with E-state index in [-0.39, 0.29) is 0 Å². The maximum absolute atomic E-state index is 4.60. The first kappa shape index (κ1) is 11.0. The topological polar surface area (TPSA) is 28.7 Å². The number of nitrogens with zero attached hydrogens (tertiary/aromatic N) is 1. The third-order valence-electron chi connectivity index (χ3n) is 3.38. The van der Waals surface area contributed by atoms with Gasteiger partial charge in [0, 0.05) is 6.42 Å². The molecule has 2 nitrogen and oxygen atoms in total. The van der Waals surface area contributed by atoms with Gasteiger partial charge in [-0.1, -0.05) is 30.3 Å². The first-order chi connectivity index (χ1) is 8.72. The minimum absolute atomic E-state index is 0.857. The lowest BCUT2D eigenvalue weighted by atomic mass is 10.0. The number of hydrogen-bond donors (Lipinski definition) is 1. The minimum atomic E-state index is 0.857. The Hall–Kier alpha value is -2.09. The zero-order valence-electron chi connectivity index (χ0n) is 10.7. The van der Waals surface area contributed by atoms with Crippen molar-refractivity contribution >= 4 is 11.0 Å². The number of fused-ring (bicyclic) bond motifs is 1. The number of aromatic amines is 1. The van der Waals surface area contributed by atoms with E-state index < -0.39 is 0 Å². The molecule has 0 aliphatic rings. The first-order valence-electron chi connectivity index (χ1n) is 6.22. The Morgan fingerprint density at radius 2 is 1.83 bits per heavy atom. The molecule has 0 aliphatic carbocycles. The van der Waals surface area contributed by atoms with Crippen LogP contribution in [0.4, 0.5) is 0 Å². The third-order valence-corrected chi connectivity index (χ3v) is 3.38. The fourth-order valence-electron chi connectivity index (χ4n) is 2.20. The number of nitrogens with one attached hydrogen (secondary N) is 1. The van der Waals surface area contributed by atoms with Crippen molar-refractivity contribution in [2.75, 3.05) is 0 Å². The molecule has 0 saturated heterocycles. The molecule has 0 fully saturated rings. The monoisotopic (exact) mass is 236 g/mol. The van der Waals surface area contributed by atoms with Gasteiger partial charge in [-0.25, -0.2) is 4.98 Å².